The Labute approximate surface area is 208 Å². The number of fused-ring (bicyclic) bond motifs is 2. The Hall–Kier alpha value is -3.16. The minimum Gasteiger partial charge on any atom is -0.473 e. The molecule has 1 aromatic carbocycles. The molecule has 2 bridgehead atoms. The first-order chi connectivity index (χ1) is 16.6. The lowest BCUT2D eigenvalue weighted by Gasteiger charge is -2.46. The third-order valence-electron chi connectivity index (χ3n) is 5.84. The van der Waals surface area contributed by atoms with Gasteiger partial charge in [0.2, 0.25) is 5.88 Å². The topological polar surface area (TPSA) is 90.2 Å². The lowest BCUT2D eigenvalue weighted by Crippen LogP contribution is -2.59. The van der Waals surface area contributed by atoms with Crippen LogP contribution in [0.4, 0.5) is 26.4 Å². The molecule has 2 atom stereocenters. The molecule has 2 fully saturated rings. The monoisotopic (exact) mass is 503 g/mol. The van der Waals surface area contributed by atoms with Crippen LogP contribution in [0.1, 0.15) is 26.3 Å². The van der Waals surface area contributed by atoms with Crippen LogP contribution in [0.3, 0.4) is 0 Å². The van der Waals surface area contributed by atoms with Crippen molar-refractivity contribution in [2.75, 3.05) is 31.6 Å². The van der Waals surface area contributed by atoms with Crippen LogP contribution in [0.25, 0.3) is 4.85 Å². The van der Waals surface area contributed by atoms with Gasteiger partial charge in [-0.1, -0.05) is 11.6 Å². The molecule has 2 unspecified atom stereocenters. The van der Waals surface area contributed by atoms with Gasteiger partial charge in [0, 0.05) is 24.9 Å². The molecule has 2 aromatic rings. The lowest BCUT2D eigenvalue weighted by atomic mass is 9.84. The van der Waals surface area contributed by atoms with Crippen molar-refractivity contribution in [1.82, 2.24) is 14.9 Å². The third-order valence-corrected chi connectivity index (χ3v) is 6.14. The number of nitrogens with zero attached hydrogens (tertiary/aromatic N) is 4. The zero-order valence-corrected chi connectivity index (χ0v) is 20.7. The Balaban J connectivity index is 1.51. The van der Waals surface area contributed by atoms with Crippen molar-refractivity contribution in [3.8, 4) is 5.88 Å². The van der Waals surface area contributed by atoms with Crippen molar-refractivity contribution in [2.45, 2.75) is 39.4 Å². The Bertz CT molecular complexity index is 1130. The number of likely N-dealkylation sites (tertiary alicyclic amines) is 1. The molecule has 2 saturated heterocycles. The summed E-state index contributed by atoms with van der Waals surface area (Å²) in [7, 11) is 0. The van der Waals surface area contributed by atoms with Crippen molar-refractivity contribution < 1.29 is 23.4 Å². The fraction of sp³-hybridized carbons (Fsp3) is 0.500. The molecule has 1 aromatic heterocycles. The molecule has 186 valence electrons. The molecule has 3 heterocycles. The number of rotatable bonds is 4. The van der Waals surface area contributed by atoms with Crippen molar-refractivity contribution in [3.05, 3.63) is 46.3 Å². The van der Waals surface area contributed by atoms with E-state index in [1.165, 1.54) is 12.4 Å². The van der Waals surface area contributed by atoms with Crippen molar-refractivity contribution in [3.63, 3.8) is 0 Å². The molecule has 2 aliphatic rings. The van der Waals surface area contributed by atoms with Crippen LogP contribution in [0.2, 0.25) is 5.02 Å². The normalized spacial score (nSPS) is 21.7. The van der Waals surface area contributed by atoms with Gasteiger partial charge in [0.15, 0.2) is 5.69 Å². The van der Waals surface area contributed by atoms with E-state index in [0.29, 0.717) is 43.6 Å². The SMILES string of the molecule is [C-]#[N+]c1cc(F)c(Nc2ncnc(OC3C4COCC3CN(C(=O)OC(C)(C)C)C4)c2C)c(Cl)c1. The molecule has 0 saturated carbocycles. The number of aromatic nitrogens is 2. The molecule has 0 spiro atoms. The Morgan fingerprint density at radius 2 is 1.97 bits per heavy atom. The molecule has 0 aliphatic carbocycles. The molecule has 9 nitrogen and oxygen atoms in total. The predicted octanol–water partition coefficient (Wildman–Crippen LogP) is 5.13. The Kier molecular flexibility index (Phi) is 7.01. The van der Waals surface area contributed by atoms with E-state index >= 15 is 0 Å². The van der Waals surface area contributed by atoms with Gasteiger partial charge in [-0.05, 0) is 39.8 Å². The summed E-state index contributed by atoms with van der Waals surface area (Å²) in [5, 5.41) is 2.96. The number of benzene rings is 1. The minimum absolute atomic E-state index is 0.0164. The van der Waals surface area contributed by atoms with Crippen LogP contribution < -0.4 is 10.1 Å². The summed E-state index contributed by atoms with van der Waals surface area (Å²) < 4.78 is 32.1. The van der Waals surface area contributed by atoms with Crippen LogP contribution in [-0.2, 0) is 9.47 Å². The van der Waals surface area contributed by atoms with Gasteiger partial charge in [-0.2, -0.15) is 0 Å². The van der Waals surface area contributed by atoms with E-state index < -0.39 is 11.4 Å². The number of carbonyl (C=O) groups excluding carboxylic acids is 1. The van der Waals surface area contributed by atoms with Gasteiger partial charge in [0.1, 0.15) is 29.7 Å². The predicted molar refractivity (Wildman–Crippen MR) is 128 cm³/mol. The van der Waals surface area contributed by atoms with Crippen LogP contribution in [0.5, 0.6) is 5.88 Å². The van der Waals surface area contributed by atoms with Gasteiger partial charge in [0.05, 0.1) is 36.1 Å². The van der Waals surface area contributed by atoms with E-state index in [9.17, 15) is 9.18 Å². The zero-order chi connectivity index (χ0) is 25.3. The first kappa shape index (κ1) is 24.9. The van der Waals surface area contributed by atoms with Crippen molar-refractivity contribution >= 4 is 34.9 Å². The summed E-state index contributed by atoms with van der Waals surface area (Å²) in [6.07, 6.45) is 0.759. The second kappa shape index (κ2) is 9.84. The fourth-order valence-corrected chi connectivity index (χ4v) is 4.49. The number of carbonyl (C=O) groups is 1. The van der Waals surface area contributed by atoms with Crippen molar-refractivity contribution in [1.29, 1.82) is 0 Å². The molecule has 0 radical (unpaired) electrons. The van der Waals surface area contributed by atoms with Gasteiger partial charge in [0.25, 0.3) is 0 Å². The van der Waals surface area contributed by atoms with Gasteiger partial charge >= 0.3 is 6.09 Å². The van der Waals surface area contributed by atoms with Crippen molar-refractivity contribution in [2.24, 2.45) is 11.8 Å². The maximum atomic E-state index is 14.5. The van der Waals surface area contributed by atoms with E-state index in [-0.39, 0.29) is 40.4 Å². The number of hydrogen-bond acceptors (Lipinski definition) is 7. The largest absolute Gasteiger partial charge is 0.473 e. The molecule has 2 aliphatic heterocycles. The molecular weight excluding hydrogens is 477 g/mol. The number of nitrogens with one attached hydrogen (secondary N) is 1. The van der Waals surface area contributed by atoms with Gasteiger partial charge < -0.3 is 24.4 Å². The summed E-state index contributed by atoms with van der Waals surface area (Å²) >= 11 is 6.18. The van der Waals surface area contributed by atoms with Crippen LogP contribution >= 0.6 is 11.6 Å². The van der Waals surface area contributed by atoms with Crippen LogP contribution in [0, 0.1) is 31.1 Å². The lowest BCUT2D eigenvalue weighted by molar-refractivity contribution is -0.113. The van der Waals surface area contributed by atoms with E-state index in [4.69, 9.17) is 32.4 Å². The second-order valence-electron chi connectivity index (χ2n) is 9.70. The first-order valence-electron chi connectivity index (χ1n) is 11.2. The first-order valence-corrected chi connectivity index (χ1v) is 11.6. The summed E-state index contributed by atoms with van der Waals surface area (Å²) in [6.45, 7) is 16.1. The van der Waals surface area contributed by atoms with Gasteiger partial charge in [-0.3, -0.25) is 0 Å². The summed E-state index contributed by atoms with van der Waals surface area (Å²) in [5.41, 5.74) is 0.123. The standard InChI is InChI=1S/C24H27ClFN5O4/c1-13-21(30-19-17(25)6-16(27-5)7-18(19)26)28-12-29-22(13)34-20-14-8-31(9-15(20)11-33-10-14)23(32)35-24(2,3)4/h6-7,12,14-15,20H,8-11H2,1-4H3,(H,28,29,30). The summed E-state index contributed by atoms with van der Waals surface area (Å²) in [4.78, 5) is 26.0. The average molecular weight is 504 g/mol. The molecular formula is C24H27ClFN5O4. The molecule has 35 heavy (non-hydrogen) atoms. The number of hydrogen-bond donors (Lipinski definition) is 1. The summed E-state index contributed by atoms with van der Waals surface area (Å²) in [6, 6.07) is 2.49. The quantitative estimate of drug-likeness (QED) is 0.578. The van der Waals surface area contributed by atoms with E-state index in [0.717, 1.165) is 6.07 Å². The third kappa shape index (κ3) is 5.57. The highest BCUT2D eigenvalue weighted by atomic mass is 35.5. The highest BCUT2D eigenvalue weighted by Crippen LogP contribution is 2.36. The number of piperidine rings is 1. The van der Waals surface area contributed by atoms with Crippen LogP contribution in [0.15, 0.2) is 18.5 Å². The highest BCUT2D eigenvalue weighted by Gasteiger charge is 2.44. The summed E-state index contributed by atoms with van der Waals surface area (Å²) in [5.74, 6) is -0.101. The maximum absolute atomic E-state index is 14.5. The smallest absolute Gasteiger partial charge is 0.410 e. The molecule has 1 amide bonds. The fourth-order valence-electron chi connectivity index (χ4n) is 4.24. The Morgan fingerprint density at radius 3 is 2.57 bits per heavy atom. The maximum Gasteiger partial charge on any atom is 0.410 e. The average Bonchev–Trinajstić information content (AvgIpc) is 2.76. The second-order valence-corrected chi connectivity index (χ2v) is 10.1. The number of anilines is 2. The molecule has 4 rings (SSSR count). The van der Waals surface area contributed by atoms with E-state index in [2.05, 4.69) is 20.1 Å². The number of ether oxygens (including phenoxy) is 3. The minimum atomic E-state index is -0.662. The van der Waals surface area contributed by atoms with Crippen LogP contribution in [-0.4, -0.2) is 59.0 Å². The number of halogens is 2. The van der Waals surface area contributed by atoms with Gasteiger partial charge in [-0.15, -0.1) is 0 Å². The molecule has 11 heteroatoms. The molecule has 1 N–H and O–H groups in total. The Morgan fingerprint density at radius 1 is 1.29 bits per heavy atom. The van der Waals surface area contributed by atoms with Gasteiger partial charge in [-0.25, -0.2) is 24.0 Å². The highest BCUT2D eigenvalue weighted by molar-refractivity contribution is 6.33. The van der Waals surface area contributed by atoms with E-state index in [1.54, 1.807) is 11.8 Å². The zero-order valence-electron chi connectivity index (χ0n) is 20.0. The van der Waals surface area contributed by atoms with E-state index in [1.807, 2.05) is 20.8 Å². The number of amides is 1.